The summed E-state index contributed by atoms with van der Waals surface area (Å²) < 4.78 is 11.3. The molecule has 0 aliphatic rings. The third-order valence-corrected chi connectivity index (χ3v) is 5.04. The van der Waals surface area contributed by atoms with Gasteiger partial charge < -0.3 is 14.1 Å². The fourth-order valence-electron chi connectivity index (χ4n) is 2.67. The van der Waals surface area contributed by atoms with Crippen molar-refractivity contribution in [2.24, 2.45) is 0 Å². The summed E-state index contributed by atoms with van der Waals surface area (Å²) in [6.07, 6.45) is 0. The van der Waals surface area contributed by atoms with E-state index in [4.69, 9.17) is 9.15 Å². The van der Waals surface area contributed by atoms with E-state index in [0.717, 1.165) is 11.1 Å². The van der Waals surface area contributed by atoms with Crippen LogP contribution in [0.15, 0.2) is 58.2 Å². The van der Waals surface area contributed by atoms with E-state index in [-0.39, 0.29) is 11.7 Å². The highest BCUT2D eigenvalue weighted by atomic mass is 32.2. The Morgan fingerprint density at radius 2 is 1.89 bits per heavy atom. The van der Waals surface area contributed by atoms with Crippen LogP contribution in [0.2, 0.25) is 0 Å². The van der Waals surface area contributed by atoms with E-state index in [9.17, 15) is 4.79 Å². The minimum Gasteiger partial charge on any atom is -0.493 e. The van der Waals surface area contributed by atoms with Gasteiger partial charge in [-0.1, -0.05) is 48.2 Å². The molecule has 3 aromatic rings. The van der Waals surface area contributed by atoms with E-state index in [1.54, 1.807) is 11.9 Å². The molecule has 1 amide bonds. The lowest BCUT2D eigenvalue weighted by Crippen LogP contribution is -2.28. The number of hydrogen-bond donors (Lipinski definition) is 0. The first kappa shape index (κ1) is 19.9. The Morgan fingerprint density at radius 3 is 2.68 bits per heavy atom. The number of carbonyl (C=O) groups excluding carboxylic acids is 1. The van der Waals surface area contributed by atoms with Gasteiger partial charge in [0.15, 0.2) is 0 Å². The third-order valence-electron chi connectivity index (χ3n) is 4.24. The monoisotopic (exact) mass is 397 g/mol. The molecule has 28 heavy (non-hydrogen) atoms. The molecule has 0 saturated heterocycles. The number of rotatable bonds is 8. The fraction of sp³-hybridized carbons (Fsp3) is 0.286. The molecule has 0 atom stereocenters. The van der Waals surface area contributed by atoms with E-state index in [1.165, 1.54) is 17.3 Å². The highest BCUT2D eigenvalue weighted by Crippen LogP contribution is 2.30. The number of thioether (sulfide) groups is 1. The molecule has 0 N–H and O–H groups in total. The van der Waals surface area contributed by atoms with Crippen LogP contribution in [0.3, 0.4) is 0 Å². The van der Waals surface area contributed by atoms with E-state index in [2.05, 4.69) is 10.2 Å². The van der Waals surface area contributed by atoms with Gasteiger partial charge >= 0.3 is 0 Å². The number of carbonyl (C=O) groups is 1. The van der Waals surface area contributed by atoms with Crippen LogP contribution in [0.25, 0.3) is 11.5 Å². The Morgan fingerprint density at radius 1 is 1.14 bits per heavy atom. The summed E-state index contributed by atoms with van der Waals surface area (Å²) >= 11 is 1.23. The second kappa shape index (κ2) is 9.41. The molecule has 0 fully saturated rings. The quantitative estimate of drug-likeness (QED) is 0.531. The van der Waals surface area contributed by atoms with Crippen molar-refractivity contribution in [2.45, 2.75) is 25.6 Å². The van der Waals surface area contributed by atoms with Gasteiger partial charge in [0.25, 0.3) is 11.1 Å². The van der Waals surface area contributed by atoms with Crippen molar-refractivity contribution < 1.29 is 13.9 Å². The molecule has 0 unspecified atom stereocenters. The van der Waals surface area contributed by atoms with Crippen molar-refractivity contribution >= 4 is 17.7 Å². The summed E-state index contributed by atoms with van der Waals surface area (Å²) in [5.74, 6) is 1.31. The summed E-state index contributed by atoms with van der Waals surface area (Å²) in [5, 5.41) is 8.49. The summed E-state index contributed by atoms with van der Waals surface area (Å²) in [4.78, 5) is 14.1. The second-order valence-electron chi connectivity index (χ2n) is 6.27. The Bertz CT molecular complexity index is 942. The summed E-state index contributed by atoms with van der Waals surface area (Å²) in [6, 6.07) is 15.6. The molecule has 0 radical (unpaired) electrons. The molecule has 1 heterocycles. The van der Waals surface area contributed by atoms with E-state index >= 15 is 0 Å². The van der Waals surface area contributed by atoms with Gasteiger partial charge in [0.1, 0.15) is 5.75 Å². The average Bonchev–Trinajstić information content (AvgIpc) is 3.17. The van der Waals surface area contributed by atoms with E-state index in [0.29, 0.717) is 30.0 Å². The largest absolute Gasteiger partial charge is 0.493 e. The number of para-hydroxylation sites is 1. The zero-order chi connectivity index (χ0) is 19.9. The van der Waals surface area contributed by atoms with Crippen molar-refractivity contribution in [3.63, 3.8) is 0 Å². The lowest BCUT2D eigenvalue weighted by Gasteiger charge is -2.17. The number of benzene rings is 2. The van der Waals surface area contributed by atoms with E-state index < -0.39 is 0 Å². The first-order chi connectivity index (χ1) is 13.6. The molecule has 0 saturated carbocycles. The topological polar surface area (TPSA) is 68.5 Å². The van der Waals surface area contributed by atoms with Crippen LogP contribution < -0.4 is 4.74 Å². The maximum absolute atomic E-state index is 12.4. The van der Waals surface area contributed by atoms with Gasteiger partial charge in [-0.15, -0.1) is 10.2 Å². The molecule has 1 aromatic heterocycles. The second-order valence-corrected chi connectivity index (χ2v) is 7.19. The van der Waals surface area contributed by atoms with Gasteiger partial charge in [0.05, 0.1) is 17.9 Å². The molecule has 0 aliphatic heterocycles. The minimum absolute atomic E-state index is 0.00252. The number of aryl methyl sites for hydroxylation is 1. The zero-order valence-electron chi connectivity index (χ0n) is 16.2. The normalized spacial score (nSPS) is 10.7. The van der Waals surface area contributed by atoms with Crippen LogP contribution in [0, 0.1) is 6.92 Å². The molecule has 2 aromatic carbocycles. The molecular weight excluding hydrogens is 374 g/mol. The van der Waals surface area contributed by atoms with Crippen molar-refractivity contribution in [1.29, 1.82) is 0 Å². The lowest BCUT2D eigenvalue weighted by atomic mass is 10.1. The van der Waals surface area contributed by atoms with Crippen molar-refractivity contribution in [3.8, 4) is 17.2 Å². The molecule has 0 aliphatic carbocycles. The molecule has 0 bridgehead atoms. The standard InChI is InChI=1S/C21H23N3O3S/c1-4-26-18-12-8-7-11-17(18)20-22-23-21(27-20)28-14-19(25)24(3)13-16-10-6-5-9-15(16)2/h5-12H,4,13-14H2,1-3H3. The number of ether oxygens (including phenoxy) is 1. The molecular formula is C21H23N3O3S. The Labute approximate surface area is 168 Å². The van der Waals surface area contributed by atoms with Gasteiger partial charge in [-0.05, 0) is 37.1 Å². The Balaban J connectivity index is 1.60. The maximum Gasteiger partial charge on any atom is 0.277 e. The minimum atomic E-state index is 0.00252. The number of hydrogen-bond acceptors (Lipinski definition) is 6. The Hall–Kier alpha value is -2.80. The van der Waals surface area contributed by atoms with Gasteiger partial charge in [-0.3, -0.25) is 4.79 Å². The van der Waals surface area contributed by atoms with Crippen LogP contribution in [-0.2, 0) is 11.3 Å². The predicted octanol–water partition coefficient (Wildman–Crippen LogP) is 4.19. The molecule has 3 rings (SSSR count). The molecule has 6 nitrogen and oxygen atoms in total. The van der Waals surface area contributed by atoms with Crippen molar-refractivity contribution in [3.05, 3.63) is 59.7 Å². The fourth-order valence-corrected chi connectivity index (χ4v) is 3.37. The molecule has 146 valence electrons. The summed E-state index contributed by atoms with van der Waals surface area (Å²) in [6.45, 7) is 5.09. The average molecular weight is 398 g/mol. The van der Waals surface area contributed by atoms with Gasteiger partial charge in [-0.25, -0.2) is 0 Å². The van der Waals surface area contributed by atoms with Crippen LogP contribution in [-0.4, -0.2) is 40.4 Å². The van der Waals surface area contributed by atoms with Crippen molar-refractivity contribution in [1.82, 2.24) is 15.1 Å². The van der Waals surface area contributed by atoms with Crippen LogP contribution >= 0.6 is 11.8 Å². The maximum atomic E-state index is 12.4. The van der Waals surface area contributed by atoms with Gasteiger partial charge in [0, 0.05) is 13.6 Å². The predicted molar refractivity (Wildman–Crippen MR) is 109 cm³/mol. The first-order valence-electron chi connectivity index (χ1n) is 9.05. The van der Waals surface area contributed by atoms with E-state index in [1.807, 2.05) is 62.4 Å². The molecule has 7 heteroatoms. The zero-order valence-corrected chi connectivity index (χ0v) is 17.0. The van der Waals surface area contributed by atoms with Crippen molar-refractivity contribution in [2.75, 3.05) is 19.4 Å². The van der Waals surface area contributed by atoms with Gasteiger partial charge in [-0.2, -0.15) is 0 Å². The highest BCUT2D eigenvalue weighted by molar-refractivity contribution is 7.99. The number of nitrogens with zero attached hydrogens (tertiary/aromatic N) is 3. The summed E-state index contributed by atoms with van der Waals surface area (Å²) in [7, 11) is 1.80. The SMILES string of the molecule is CCOc1ccccc1-c1nnc(SCC(=O)N(C)Cc2ccccc2C)o1. The van der Waals surface area contributed by atoms with Crippen LogP contribution in [0.5, 0.6) is 5.75 Å². The summed E-state index contributed by atoms with van der Waals surface area (Å²) in [5.41, 5.74) is 3.05. The van der Waals surface area contributed by atoms with Crippen LogP contribution in [0.1, 0.15) is 18.1 Å². The number of amides is 1. The molecule has 0 spiro atoms. The number of aromatic nitrogens is 2. The van der Waals surface area contributed by atoms with Gasteiger partial charge in [0.2, 0.25) is 5.91 Å². The smallest absolute Gasteiger partial charge is 0.277 e. The highest BCUT2D eigenvalue weighted by Gasteiger charge is 2.16. The third kappa shape index (κ3) is 4.92. The first-order valence-corrected chi connectivity index (χ1v) is 10.0. The lowest BCUT2D eigenvalue weighted by molar-refractivity contribution is -0.127. The van der Waals surface area contributed by atoms with Crippen LogP contribution in [0.4, 0.5) is 0 Å². The Kier molecular flexibility index (Phi) is 6.71.